The Morgan fingerprint density at radius 1 is 1.27 bits per heavy atom. The summed E-state index contributed by atoms with van der Waals surface area (Å²) in [6.45, 7) is 3.01. The second kappa shape index (κ2) is 5.06. The third kappa shape index (κ3) is 2.03. The second-order valence-corrected chi connectivity index (χ2v) is 5.91. The van der Waals surface area contributed by atoms with Gasteiger partial charge in [-0.15, -0.1) is 11.3 Å². The molecule has 3 heterocycles. The van der Waals surface area contributed by atoms with Gasteiger partial charge in [0.2, 0.25) is 6.79 Å². The Bertz CT molecular complexity index is 866. The lowest BCUT2D eigenvalue weighted by molar-refractivity contribution is 0.101. The van der Waals surface area contributed by atoms with Crippen LogP contribution >= 0.6 is 11.3 Å². The lowest BCUT2D eigenvalue weighted by atomic mass is 10.2. The van der Waals surface area contributed by atoms with Crippen LogP contribution in [0.3, 0.4) is 0 Å². The number of anilines is 1. The molecule has 0 fully saturated rings. The molecular weight excluding hydrogens is 300 g/mol. The highest BCUT2D eigenvalue weighted by Crippen LogP contribution is 2.34. The summed E-state index contributed by atoms with van der Waals surface area (Å²) < 4.78 is 13.7. The van der Waals surface area contributed by atoms with Gasteiger partial charge in [0.25, 0.3) is 5.91 Å². The van der Waals surface area contributed by atoms with E-state index in [0.29, 0.717) is 22.9 Å². The molecule has 1 aliphatic rings. The van der Waals surface area contributed by atoms with Crippen LogP contribution in [-0.4, -0.2) is 17.3 Å². The van der Waals surface area contributed by atoms with Gasteiger partial charge >= 0.3 is 0 Å². The van der Waals surface area contributed by atoms with Gasteiger partial charge in [-0.05, 0) is 36.6 Å². The molecule has 5 nitrogen and oxygen atoms in total. The smallest absolute Gasteiger partial charge is 0.272 e. The lowest BCUT2D eigenvalue weighted by Crippen LogP contribution is -2.16. The number of carbonyl (C=O) groups is 1. The van der Waals surface area contributed by atoms with Crippen LogP contribution in [0, 0.1) is 0 Å². The molecule has 1 aromatic carbocycles. The molecule has 6 heteroatoms. The normalized spacial score (nSPS) is 12.8. The Kier molecular flexibility index (Phi) is 3.04. The maximum atomic E-state index is 12.6. The molecule has 0 aliphatic carbocycles. The summed E-state index contributed by atoms with van der Waals surface area (Å²) >= 11 is 1.64. The van der Waals surface area contributed by atoms with E-state index in [1.54, 1.807) is 23.5 Å². The molecular formula is C16H14N2O3S. The molecule has 1 N–H and O–H groups in total. The molecule has 0 unspecified atom stereocenters. The van der Waals surface area contributed by atoms with E-state index in [2.05, 4.69) is 5.32 Å². The highest BCUT2D eigenvalue weighted by Gasteiger charge is 2.18. The average Bonchev–Trinajstić information content (AvgIpc) is 3.21. The molecule has 3 aromatic rings. The summed E-state index contributed by atoms with van der Waals surface area (Å²) in [5.41, 5.74) is 2.46. The van der Waals surface area contributed by atoms with Crippen molar-refractivity contribution in [1.82, 2.24) is 4.57 Å². The van der Waals surface area contributed by atoms with Crippen LogP contribution in [0.1, 0.15) is 17.4 Å². The molecule has 0 saturated heterocycles. The molecule has 4 rings (SSSR count). The van der Waals surface area contributed by atoms with E-state index >= 15 is 0 Å². The van der Waals surface area contributed by atoms with Gasteiger partial charge < -0.3 is 19.4 Å². The van der Waals surface area contributed by atoms with E-state index in [1.807, 2.05) is 35.1 Å². The first kappa shape index (κ1) is 13.2. The van der Waals surface area contributed by atoms with Crippen LogP contribution in [0.2, 0.25) is 0 Å². The van der Waals surface area contributed by atoms with Crippen LogP contribution in [0.15, 0.2) is 35.7 Å². The van der Waals surface area contributed by atoms with Gasteiger partial charge in [-0.3, -0.25) is 4.79 Å². The number of hydrogen-bond donors (Lipinski definition) is 1. The first-order chi connectivity index (χ1) is 10.8. The molecule has 0 bridgehead atoms. The predicted molar refractivity (Wildman–Crippen MR) is 86.0 cm³/mol. The zero-order chi connectivity index (χ0) is 15.1. The summed E-state index contributed by atoms with van der Waals surface area (Å²) in [5, 5.41) is 4.96. The summed E-state index contributed by atoms with van der Waals surface area (Å²) in [4.78, 5) is 12.6. The standard InChI is InChI=1S/C16H14N2O3S/c1-2-18-11-5-6-22-15(11)8-12(18)16(19)17-10-3-4-13-14(7-10)21-9-20-13/h3-8H,2,9H2,1H3,(H,17,19). The van der Waals surface area contributed by atoms with Crippen LogP contribution in [0.5, 0.6) is 11.5 Å². The summed E-state index contributed by atoms with van der Waals surface area (Å²) in [5.74, 6) is 1.24. The number of aromatic nitrogens is 1. The Balaban J connectivity index is 1.64. The minimum absolute atomic E-state index is 0.121. The summed E-state index contributed by atoms with van der Waals surface area (Å²) in [6.07, 6.45) is 0. The molecule has 1 aliphatic heterocycles. The van der Waals surface area contributed by atoms with E-state index in [4.69, 9.17) is 9.47 Å². The van der Waals surface area contributed by atoms with Crippen molar-refractivity contribution < 1.29 is 14.3 Å². The molecule has 112 valence electrons. The third-order valence-corrected chi connectivity index (χ3v) is 4.56. The molecule has 0 spiro atoms. The minimum atomic E-state index is -0.121. The maximum absolute atomic E-state index is 12.6. The van der Waals surface area contributed by atoms with Crippen LogP contribution < -0.4 is 14.8 Å². The van der Waals surface area contributed by atoms with Gasteiger partial charge in [-0.2, -0.15) is 0 Å². The van der Waals surface area contributed by atoms with Gasteiger partial charge in [0.05, 0.1) is 10.2 Å². The minimum Gasteiger partial charge on any atom is -0.454 e. The van der Waals surface area contributed by atoms with Crippen molar-refractivity contribution in [3.8, 4) is 11.5 Å². The maximum Gasteiger partial charge on any atom is 0.272 e. The number of hydrogen-bond acceptors (Lipinski definition) is 4. The number of rotatable bonds is 3. The summed E-state index contributed by atoms with van der Waals surface area (Å²) in [6, 6.07) is 9.37. The Morgan fingerprint density at radius 2 is 2.14 bits per heavy atom. The number of nitrogens with one attached hydrogen (secondary N) is 1. The van der Waals surface area contributed by atoms with Gasteiger partial charge in [-0.1, -0.05) is 0 Å². The van der Waals surface area contributed by atoms with Gasteiger partial charge in [0.15, 0.2) is 11.5 Å². The molecule has 0 saturated carbocycles. The predicted octanol–water partition coefficient (Wildman–Crippen LogP) is 3.70. The fraction of sp³-hybridized carbons (Fsp3) is 0.188. The van der Waals surface area contributed by atoms with Crippen LogP contribution in [0.4, 0.5) is 5.69 Å². The second-order valence-electron chi connectivity index (χ2n) is 4.97. The number of carbonyl (C=O) groups excluding carboxylic acids is 1. The number of benzene rings is 1. The van der Waals surface area contributed by atoms with Gasteiger partial charge in [0.1, 0.15) is 5.69 Å². The highest BCUT2D eigenvalue weighted by molar-refractivity contribution is 7.17. The lowest BCUT2D eigenvalue weighted by Gasteiger charge is -2.09. The van der Waals surface area contributed by atoms with Gasteiger partial charge in [0, 0.05) is 18.3 Å². The molecule has 2 aromatic heterocycles. The number of fused-ring (bicyclic) bond motifs is 2. The quantitative estimate of drug-likeness (QED) is 0.802. The van der Waals surface area contributed by atoms with Crippen molar-refractivity contribution >= 4 is 33.1 Å². The van der Waals surface area contributed by atoms with Crippen molar-refractivity contribution in [2.45, 2.75) is 13.5 Å². The molecule has 0 atom stereocenters. The monoisotopic (exact) mass is 314 g/mol. The number of ether oxygens (including phenoxy) is 2. The van der Waals surface area contributed by atoms with Crippen molar-refractivity contribution in [1.29, 1.82) is 0 Å². The zero-order valence-electron chi connectivity index (χ0n) is 12.0. The Labute approximate surface area is 131 Å². The van der Waals surface area contributed by atoms with Crippen molar-refractivity contribution in [3.05, 3.63) is 41.4 Å². The van der Waals surface area contributed by atoms with E-state index in [1.165, 1.54) is 0 Å². The van der Waals surface area contributed by atoms with E-state index < -0.39 is 0 Å². The number of thiophene rings is 1. The van der Waals surface area contributed by atoms with Gasteiger partial charge in [-0.25, -0.2) is 0 Å². The number of nitrogens with zero attached hydrogens (tertiary/aromatic N) is 1. The van der Waals surface area contributed by atoms with Crippen molar-refractivity contribution in [2.24, 2.45) is 0 Å². The summed E-state index contributed by atoms with van der Waals surface area (Å²) in [7, 11) is 0. The van der Waals surface area contributed by atoms with E-state index in [-0.39, 0.29) is 12.7 Å². The average molecular weight is 314 g/mol. The van der Waals surface area contributed by atoms with Crippen molar-refractivity contribution in [3.63, 3.8) is 0 Å². The van der Waals surface area contributed by atoms with Crippen LogP contribution in [-0.2, 0) is 6.54 Å². The number of aryl methyl sites for hydroxylation is 1. The highest BCUT2D eigenvalue weighted by atomic mass is 32.1. The first-order valence-electron chi connectivity index (χ1n) is 7.04. The molecule has 1 amide bonds. The fourth-order valence-corrected chi connectivity index (χ4v) is 3.50. The number of amides is 1. The van der Waals surface area contributed by atoms with E-state index in [9.17, 15) is 4.79 Å². The first-order valence-corrected chi connectivity index (χ1v) is 7.92. The largest absolute Gasteiger partial charge is 0.454 e. The Morgan fingerprint density at radius 3 is 3.00 bits per heavy atom. The third-order valence-electron chi connectivity index (χ3n) is 3.70. The molecule has 22 heavy (non-hydrogen) atoms. The van der Waals surface area contributed by atoms with Crippen LogP contribution in [0.25, 0.3) is 10.2 Å². The SMILES string of the molecule is CCn1c(C(=O)Nc2ccc3c(c2)OCO3)cc2sccc21. The Hall–Kier alpha value is -2.47. The topological polar surface area (TPSA) is 52.5 Å². The van der Waals surface area contributed by atoms with Crippen molar-refractivity contribution in [2.75, 3.05) is 12.1 Å². The van der Waals surface area contributed by atoms with E-state index in [0.717, 1.165) is 16.8 Å². The fourth-order valence-electron chi connectivity index (χ4n) is 2.68. The zero-order valence-corrected chi connectivity index (χ0v) is 12.8. The molecule has 0 radical (unpaired) electrons.